The SMILES string of the molecule is COc1ccc(-c2cc3ncnc(-n4ccnc4)c3s2)cc1. The van der Waals surface area contributed by atoms with Crippen molar-refractivity contribution in [1.29, 1.82) is 0 Å². The molecule has 0 amide bonds. The zero-order chi connectivity index (χ0) is 14.9. The van der Waals surface area contributed by atoms with Crippen LogP contribution in [-0.2, 0) is 0 Å². The minimum Gasteiger partial charge on any atom is -0.497 e. The van der Waals surface area contributed by atoms with Gasteiger partial charge in [0.05, 0.1) is 17.3 Å². The highest BCUT2D eigenvalue weighted by Gasteiger charge is 2.11. The van der Waals surface area contributed by atoms with Crippen LogP contribution in [0, 0.1) is 0 Å². The van der Waals surface area contributed by atoms with E-state index in [0.717, 1.165) is 32.2 Å². The van der Waals surface area contributed by atoms with Crippen LogP contribution in [0.15, 0.2) is 55.4 Å². The van der Waals surface area contributed by atoms with Gasteiger partial charge in [0.1, 0.15) is 18.4 Å². The van der Waals surface area contributed by atoms with Crippen LogP contribution in [0.3, 0.4) is 0 Å². The average molecular weight is 308 g/mol. The Kier molecular flexibility index (Phi) is 3.08. The molecule has 0 spiro atoms. The van der Waals surface area contributed by atoms with Gasteiger partial charge in [-0.2, -0.15) is 0 Å². The topological polar surface area (TPSA) is 52.8 Å². The van der Waals surface area contributed by atoms with E-state index in [1.54, 1.807) is 37.3 Å². The van der Waals surface area contributed by atoms with Crippen molar-refractivity contribution >= 4 is 21.6 Å². The summed E-state index contributed by atoms with van der Waals surface area (Å²) in [5, 5.41) is 0. The van der Waals surface area contributed by atoms with E-state index in [4.69, 9.17) is 4.74 Å². The Labute approximate surface area is 130 Å². The van der Waals surface area contributed by atoms with Crippen LogP contribution in [-0.4, -0.2) is 26.6 Å². The Morgan fingerprint density at radius 1 is 1.14 bits per heavy atom. The van der Waals surface area contributed by atoms with Gasteiger partial charge in [-0.25, -0.2) is 15.0 Å². The molecule has 3 heterocycles. The molecule has 4 aromatic rings. The molecule has 3 aromatic heterocycles. The molecule has 0 saturated carbocycles. The van der Waals surface area contributed by atoms with Gasteiger partial charge in [-0.05, 0) is 35.9 Å². The highest BCUT2D eigenvalue weighted by atomic mass is 32.1. The van der Waals surface area contributed by atoms with Crippen molar-refractivity contribution in [1.82, 2.24) is 19.5 Å². The molecule has 0 aliphatic heterocycles. The summed E-state index contributed by atoms with van der Waals surface area (Å²) in [5.74, 6) is 1.70. The molecule has 0 aliphatic carbocycles. The first kappa shape index (κ1) is 13.0. The molecule has 0 N–H and O–H groups in total. The van der Waals surface area contributed by atoms with Crippen molar-refractivity contribution < 1.29 is 4.74 Å². The third-order valence-corrected chi connectivity index (χ3v) is 4.59. The average Bonchev–Trinajstić information content (AvgIpc) is 3.24. The summed E-state index contributed by atoms with van der Waals surface area (Å²) in [6, 6.07) is 10.1. The van der Waals surface area contributed by atoms with E-state index < -0.39 is 0 Å². The van der Waals surface area contributed by atoms with Crippen LogP contribution < -0.4 is 4.74 Å². The molecule has 5 nitrogen and oxygen atoms in total. The predicted octanol–water partition coefficient (Wildman–Crippen LogP) is 3.55. The number of nitrogens with zero attached hydrogens (tertiary/aromatic N) is 4. The van der Waals surface area contributed by atoms with E-state index >= 15 is 0 Å². The van der Waals surface area contributed by atoms with Gasteiger partial charge < -0.3 is 4.74 Å². The number of thiophene rings is 1. The van der Waals surface area contributed by atoms with Gasteiger partial charge in [0.25, 0.3) is 0 Å². The molecule has 0 fully saturated rings. The van der Waals surface area contributed by atoms with Crippen LogP contribution in [0.4, 0.5) is 0 Å². The summed E-state index contributed by atoms with van der Waals surface area (Å²) in [7, 11) is 1.67. The standard InChI is InChI=1S/C16H12N4OS/c1-21-12-4-2-11(3-5-12)14-8-13-15(22-14)16(19-9-18-13)20-7-6-17-10-20/h2-10H,1H3. The molecule has 22 heavy (non-hydrogen) atoms. The maximum atomic E-state index is 5.20. The minimum atomic E-state index is 0.851. The number of hydrogen-bond acceptors (Lipinski definition) is 5. The number of imidazole rings is 1. The molecule has 6 heteroatoms. The second-order valence-electron chi connectivity index (χ2n) is 4.72. The van der Waals surface area contributed by atoms with E-state index in [0.29, 0.717) is 0 Å². The second kappa shape index (κ2) is 5.23. The van der Waals surface area contributed by atoms with Gasteiger partial charge in [0, 0.05) is 17.3 Å². The number of ether oxygens (including phenoxy) is 1. The lowest BCUT2D eigenvalue weighted by atomic mass is 10.2. The number of rotatable bonds is 3. The summed E-state index contributed by atoms with van der Waals surface area (Å²) >= 11 is 1.67. The maximum absolute atomic E-state index is 5.20. The molecule has 0 radical (unpaired) electrons. The van der Waals surface area contributed by atoms with E-state index in [-0.39, 0.29) is 0 Å². The van der Waals surface area contributed by atoms with Crippen LogP contribution in [0.25, 0.3) is 26.5 Å². The van der Waals surface area contributed by atoms with Gasteiger partial charge in [0.15, 0.2) is 5.82 Å². The van der Waals surface area contributed by atoms with Crippen LogP contribution in [0.1, 0.15) is 0 Å². The quantitative estimate of drug-likeness (QED) is 0.581. The van der Waals surface area contributed by atoms with Gasteiger partial charge in [-0.15, -0.1) is 11.3 Å². The minimum absolute atomic E-state index is 0.851. The van der Waals surface area contributed by atoms with Gasteiger partial charge >= 0.3 is 0 Å². The van der Waals surface area contributed by atoms with Gasteiger partial charge in [0.2, 0.25) is 0 Å². The number of benzene rings is 1. The van der Waals surface area contributed by atoms with Crippen molar-refractivity contribution in [3.8, 4) is 22.0 Å². The fourth-order valence-electron chi connectivity index (χ4n) is 2.31. The van der Waals surface area contributed by atoms with Crippen molar-refractivity contribution in [2.45, 2.75) is 0 Å². The summed E-state index contributed by atoms with van der Waals surface area (Å²) in [6.45, 7) is 0. The van der Waals surface area contributed by atoms with E-state index in [1.807, 2.05) is 35.0 Å². The van der Waals surface area contributed by atoms with Crippen molar-refractivity contribution in [2.75, 3.05) is 7.11 Å². The van der Waals surface area contributed by atoms with Crippen molar-refractivity contribution in [3.63, 3.8) is 0 Å². The summed E-state index contributed by atoms with van der Waals surface area (Å²) < 4.78 is 8.15. The van der Waals surface area contributed by atoms with Crippen LogP contribution in [0.2, 0.25) is 0 Å². The highest BCUT2D eigenvalue weighted by molar-refractivity contribution is 7.22. The molecule has 0 bridgehead atoms. The Morgan fingerprint density at radius 3 is 2.73 bits per heavy atom. The third-order valence-electron chi connectivity index (χ3n) is 3.42. The van der Waals surface area contributed by atoms with Crippen LogP contribution >= 0.6 is 11.3 Å². The molecule has 0 saturated heterocycles. The molecular formula is C16H12N4OS. The zero-order valence-electron chi connectivity index (χ0n) is 11.8. The lowest BCUT2D eigenvalue weighted by Gasteiger charge is -2.01. The molecule has 0 unspecified atom stereocenters. The van der Waals surface area contributed by atoms with E-state index in [1.165, 1.54) is 0 Å². The molecule has 0 aliphatic rings. The van der Waals surface area contributed by atoms with Gasteiger partial charge in [-0.3, -0.25) is 4.57 Å². The fourth-order valence-corrected chi connectivity index (χ4v) is 3.42. The van der Waals surface area contributed by atoms with Crippen molar-refractivity contribution in [3.05, 3.63) is 55.4 Å². The largest absolute Gasteiger partial charge is 0.497 e. The monoisotopic (exact) mass is 308 g/mol. The first-order valence-electron chi connectivity index (χ1n) is 6.72. The smallest absolute Gasteiger partial charge is 0.159 e. The molecule has 4 rings (SSSR count). The first-order chi connectivity index (χ1) is 10.8. The van der Waals surface area contributed by atoms with Crippen LogP contribution in [0.5, 0.6) is 5.75 Å². The van der Waals surface area contributed by atoms with E-state index in [2.05, 4.69) is 21.0 Å². The molecule has 1 aromatic carbocycles. The first-order valence-corrected chi connectivity index (χ1v) is 7.54. The van der Waals surface area contributed by atoms with Gasteiger partial charge in [-0.1, -0.05) is 0 Å². The second-order valence-corrected chi connectivity index (χ2v) is 5.77. The molecule has 108 valence electrons. The Balaban J connectivity index is 1.85. The highest BCUT2D eigenvalue weighted by Crippen LogP contribution is 2.35. The molecular weight excluding hydrogens is 296 g/mol. The number of aromatic nitrogens is 4. The maximum Gasteiger partial charge on any atom is 0.159 e. The zero-order valence-corrected chi connectivity index (χ0v) is 12.6. The number of fused-ring (bicyclic) bond motifs is 1. The fraction of sp³-hybridized carbons (Fsp3) is 0.0625. The number of methoxy groups -OCH3 is 1. The third kappa shape index (κ3) is 2.14. The Bertz CT molecular complexity index is 913. The lowest BCUT2D eigenvalue weighted by Crippen LogP contribution is -1.94. The Morgan fingerprint density at radius 2 is 2.00 bits per heavy atom. The molecule has 0 atom stereocenters. The number of hydrogen-bond donors (Lipinski definition) is 0. The predicted molar refractivity (Wildman–Crippen MR) is 86.5 cm³/mol. The Hall–Kier alpha value is -2.73. The lowest BCUT2D eigenvalue weighted by molar-refractivity contribution is 0.415. The normalized spacial score (nSPS) is 11.0. The van der Waals surface area contributed by atoms with Crippen molar-refractivity contribution in [2.24, 2.45) is 0 Å². The summed E-state index contributed by atoms with van der Waals surface area (Å²) in [4.78, 5) is 14.0. The van der Waals surface area contributed by atoms with E-state index in [9.17, 15) is 0 Å². The summed E-state index contributed by atoms with van der Waals surface area (Å²) in [5.41, 5.74) is 2.08. The summed E-state index contributed by atoms with van der Waals surface area (Å²) in [6.07, 6.45) is 6.96.